The highest BCUT2D eigenvalue weighted by Crippen LogP contribution is 2.20. The van der Waals surface area contributed by atoms with Gasteiger partial charge < -0.3 is 19.3 Å². The SMILES string of the molecule is COc1cccc(OCCN2CC(Oc3cccc(C)c3)C2)c1.O=CO. The van der Waals surface area contributed by atoms with Crippen LogP contribution >= 0.6 is 0 Å². The molecule has 1 N–H and O–H groups in total. The summed E-state index contributed by atoms with van der Waals surface area (Å²) < 4.78 is 16.9. The van der Waals surface area contributed by atoms with Crippen molar-refractivity contribution in [3.8, 4) is 17.2 Å². The third-order valence-corrected chi connectivity index (χ3v) is 3.93. The first-order valence-corrected chi connectivity index (χ1v) is 8.45. The smallest absolute Gasteiger partial charge is 0.290 e. The van der Waals surface area contributed by atoms with Gasteiger partial charge >= 0.3 is 0 Å². The zero-order chi connectivity index (χ0) is 18.8. The van der Waals surface area contributed by atoms with Gasteiger partial charge in [0, 0.05) is 25.7 Å². The maximum Gasteiger partial charge on any atom is 0.290 e. The number of benzene rings is 2. The predicted octanol–water partition coefficient (Wildman–Crippen LogP) is 2.85. The van der Waals surface area contributed by atoms with Crippen LogP contribution in [-0.4, -0.2) is 55.9 Å². The molecule has 0 saturated carbocycles. The maximum atomic E-state index is 8.36. The predicted molar refractivity (Wildman–Crippen MR) is 99.2 cm³/mol. The van der Waals surface area contributed by atoms with Crippen molar-refractivity contribution in [3.63, 3.8) is 0 Å². The molecule has 1 fully saturated rings. The molecule has 6 heteroatoms. The van der Waals surface area contributed by atoms with E-state index in [4.69, 9.17) is 24.1 Å². The fourth-order valence-corrected chi connectivity index (χ4v) is 2.64. The highest BCUT2D eigenvalue weighted by Gasteiger charge is 2.28. The molecule has 0 aromatic heterocycles. The lowest BCUT2D eigenvalue weighted by atomic mass is 10.1. The molecule has 1 heterocycles. The molecule has 3 rings (SSSR count). The monoisotopic (exact) mass is 359 g/mol. The van der Waals surface area contributed by atoms with E-state index in [0.29, 0.717) is 6.61 Å². The van der Waals surface area contributed by atoms with Crippen molar-refractivity contribution in [1.82, 2.24) is 4.90 Å². The first-order chi connectivity index (χ1) is 12.6. The number of methoxy groups -OCH3 is 1. The fraction of sp³-hybridized carbons (Fsp3) is 0.350. The van der Waals surface area contributed by atoms with Crippen LogP contribution in [-0.2, 0) is 4.79 Å². The van der Waals surface area contributed by atoms with E-state index in [0.717, 1.165) is 36.9 Å². The Hall–Kier alpha value is -2.73. The van der Waals surface area contributed by atoms with E-state index in [1.54, 1.807) is 7.11 Å². The average molecular weight is 359 g/mol. The van der Waals surface area contributed by atoms with E-state index in [9.17, 15) is 0 Å². The minimum absolute atomic E-state index is 0.250. The molecule has 1 saturated heterocycles. The van der Waals surface area contributed by atoms with Crippen LogP contribution in [0.4, 0.5) is 0 Å². The summed E-state index contributed by atoms with van der Waals surface area (Å²) in [6.07, 6.45) is 0.286. The van der Waals surface area contributed by atoms with Crippen molar-refractivity contribution in [3.05, 3.63) is 54.1 Å². The topological polar surface area (TPSA) is 68.2 Å². The quantitative estimate of drug-likeness (QED) is 0.767. The maximum absolute atomic E-state index is 8.36. The summed E-state index contributed by atoms with van der Waals surface area (Å²) in [5.41, 5.74) is 1.23. The molecule has 0 spiro atoms. The summed E-state index contributed by atoms with van der Waals surface area (Å²) in [5.74, 6) is 2.62. The van der Waals surface area contributed by atoms with Crippen LogP contribution in [0.3, 0.4) is 0 Å². The van der Waals surface area contributed by atoms with E-state index < -0.39 is 0 Å². The zero-order valence-corrected chi connectivity index (χ0v) is 15.1. The van der Waals surface area contributed by atoms with Crippen LogP contribution in [0, 0.1) is 6.92 Å². The molecule has 2 aromatic carbocycles. The summed E-state index contributed by atoms with van der Waals surface area (Å²) >= 11 is 0. The van der Waals surface area contributed by atoms with Gasteiger partial charge in [0.25, 0.3) is 6.47 Å². The molecule has 6 nitrogen and oxygen atoms in total. The van der Waals surface area contributed by atoms with Gasteiger partial charge in [-0.3, -0.25) is 9.69 Å². The van der Waals surface area contributed by atoms with Crippen molar-refractivity contribution in [1.29, 1.82) is 0 Å². The number of aryl methyl sites for hydroxylation is 1. The van der Waals surface area contributed by atoms with Crippen molar-refractivity contribution < 1.29 is 24.1 Å². The highest BCUT2D eigenvalue weighted by molar-refractivity contribution is 5.33. The molecular formula is C20H25NO5. The first kappa shape index (κ1) is 19.6. The Morgan fingerprint density at radius 3 is 2.46 bits per heavy atom. The Bertz CT molecular complexity index is 685. The zero-order valence-electron chi connectivity index (χ0n) is 15.1. The van der Waals surface area contributed by atoms with Gasteiger partial charge in [0.15, 0.2) is 0 Å². The number of ether oxygens (including phenoxy) is 3. The van der Waals surface area contributed by atoms with Gasteiger partial charge in [-0.15, -0.1) is 0 Å². The van der Waals surface area contributed by atoms with E-state index in [1.807, 2.05) is 36.4 Å². The van der Waals surface area contributed by atoms with Crippen molar-refractivity contribution in [2.24, 2.45) is 0 Å². The number of nitrogens with zero attached hydrogens (tertiary/aromatic N) is 1. The van der Waals surface area contributed by atoms with Gasteiger partial charge in [-0.25, -0.2) is 0 Å². The second kappa shape index (κ2) is 10.3. The lowest BCUT2D eigenvalue weighted by Crippen LogP contribution is -2.54. The van der Waals surface area contributed by atoms with E-state index in [-0.39, 0.29) is 12.6 Å². The van der Waals surface area contributed by atoms with Crippen molar-refractivity contribution >= 4 is 6.47 Å². The van der Waals surface area contributed by atoms with Crippen LogP contribution in [0.25, 0.3) is 0 Å². The number of rotatable bonds is 7. The van der Waals surface area contributed by atoms with Gasteiger partial charge in [-0.2, -0.15) is 0 Å². The molecule has 26 heavy (non-hydrogen) atoms. The second-order valence-corrected chi connectivity index (χ2v) is 5.95. The Morgan fingerprint density at radius 1 is 1.12 bits per heavy atom. The summed E-state index contributed by atoms with van der Waals surface area (Å²) in [7, 11) is 1.66. The minimum Gasteiger partial charge on any atom is -0.497 e. The highest BCUT2D eigenvalue weighted by atomic mass is 16.5. The largest absolute Gasteiger partial charge is 0.497 e. The van der Waals surface area contributed by atoms with Gasteiger partial charge in [-0.1, -0.05) is 18.2 Å². The number of likely N-dealkylation sites (tertiary alicyclic amines) is 1. The molecule has 0 bridgehead atoms. The second-order valence-electron chi connectivity index (χ2n) is 5.95. The van der Waals surface area contributed by atoms with Crippen LogP contribution < -0.4 is 14.2 Å². The molecule has 0 unspecified atom stereocenters. The lowest BCUT2D eigenvalue weighted by molar-refractivity contribution is -0.122. The number of hydrogen-bond acceptors (Lipinski definition) is 5. The third-order valence-electron chi connectivity index (χ3n) is 3.93. The van der Waals surface area contributed by atoms with Crippen LogP contribution in [0.2, 0.25) is 0 Å². The number of carbonyl (C=O) groups is 1. The standard InChI is InChI=1S/C19H23NO3.CH2O2/c1-15-5-3-8-18(11-15)23-19-13-20(14-19)9-10-22-17-7-4-6-16(12-17)21-2;2-1-3/h3-8,11-12,19H,9-10,13-14H2,1-2H3;1H,(H,2,3). The van der Waals surface area contributed by atoms with Gasteiger partial charge in [0.2, 0.25) is 0 Å². The van der Waals surface area contributed by atoms with Crippen molar-refractivity contribution in [2.45, 2.75) is 13.0 Å². The number of carboxylic acid groups (broad SMARTS) is 1. The summed E-state index contributed by atoms with van der Waals surface area (Å²) in [6.45, 7) is 5.32. The molecule has 0 atom stereocenters. The first-order valence-electron chi connectivity index (χ1n) is 8.45. The minimum atomic E-state index is -0.250. The Morgan fingerprint density at radius 2 is 1.77 bits per heavy atom. The third kappa shape index (κ3) is 6.29. The molecule has 140 valence electrons. The van der Waals surface area contributed by atoms with Crippen LogP contribution in [0.1, 0.15) is 5.56 Å². The molecule has 0 radical (unpaired) electrons. The molecule has 1 aliphatic rings. The summed E-state index contributed by atoms with van der Waals surface area (Å²) in [4.78, 5) is 10.7. The number of hydrogen-bond donors (Lipinski definition) is 1. The average Bonchev–Trinajstić information content (AvgIpc) is 2.60. The van der Waals surface area contributed by atoms with Gasteiger partial charge in [0.05, 0.1) is 7.11 Å². The molecule has 1 aliphatic heterocycles. The van der Waals surface area contributed by atoms with Gasteiger partial charge in [0.1, 0.15) is 30.0 Å². The van der Waals surface area contributed by atoms with E-state index in [1.165, 1.54) is 5.56 Å². The van der Waals surface area contributed by atoms with E-state index in [2.05, 4.69) is 24.0 Å². The Labute approximate surface area is 153 Å². The van der Waals surface area contributed by atoms with Crippen LogP contribution in [0.15, 0.2) is 48.5 Å². The van der Waals surface area contributed by atoms with Crippen molar-refractivity contribution in [2.75, 3.05) is 33.4 Å². The molecule has 2 aromatic rings. The van der Waals surface area contributed by atoms with Gasteiger partial charge in [-0.05, 0) is 36.8 Å². The molecule has 0 amide bonds. The Kier molecular flexibility index (Phi) is 7.76. The summed E-state index contributed by atoms with van der Waals surface area (Å²) in [6, 6.07) is 15.9. The molecule has 0 aliphatic carbocycles. The molecular weight excluding hydrogens is 334 g/mol. The normalized spacial score (nSPS) is 13.8. The van der Waals surface area contributed by atoms with Crippen LogP contribution in [0.5, 0.6) is 17.2 Å². The summed E-state index contributed by atoms with van der Waals surface area (Å²) in [5, 5.41) is 6.89. The lowest BCUT2D eigenvalue weighted by Gasteiger charge is -2.38. The Balaban J connectivity index is 0.000000758. The van der Waals surface area contributed by atoms with E-state index >= 15 is 0 Å². The fourth-order valence-electron chi connectivity index (χ4n) is 2.64.